The van der Waals surface area contributed by atoms with Crippen LogP contribution in [0.5, 0.6) is 0 Å². The fraction of sp³-hybridized carbons (Fsp3) is 0.440. The van der Waals surface area contributed by atoms with Crippen LogP contribution in [0.2, 0.25) is 0 Å². The van der Waals surface area contributed by atoms with E-state index in [9.17, 15) is 37.1 Å². The zero-order chi connectivity index (χ0) is 29.3. The molecule has 1 amide bonds. The summed E-state index contributed by atoms with van der Waals surface area (Å²) < 4.78 is 70.9. The average Bonchev–Trinajstić information content (AvgIpc) is 3.05. The first-order valence-electron chi connectivity index (χ1n) is 12.0. The van der Waals surface area contributed by atoms with Crippen molar-refractivity contribution in [1.29, 1.82) is 0 Å². The van der Waals surface area contributed by atoms with Crippen LogP contribution in [-0.2, 0) is 23.9 Å². The standard InChI is InChI=1S/C25H31F2N4O6PS/c1-6-37-38(34)19-12-15(30-39(5,35)36)8-10-18(19)29-23(28)20-21(32)22(25(2,3)4)31(24(20)33)13-14-7-9-16(26)17(27)11-14/h7-10,12,17,22,30H,6,11,13H2,1-5H3,(H2-,28,29,32,33,34). The first-order chi connectivity index (χ1) is 18.0. The maximum absolute atomic E-state index is 14.0. The van der Waals surface area contributed by atoms with E-state index in [0.29, 0.717) is 5.57 Å². The topological polar surface area (TPSA) is 147 Å². The number of anilines is 2. The van der Waals surface area contributed by atoms with Gasteiger partial charge in [0, 0.05) is 24.7 Å². The van der Waals surface area contributed by atoms with Gasteiger partial charge in [0.15, 0.2) is 6.17 Å². The number of carbonyl (C=O) groups is 1. The van der Waals surface area contributed by atoms with E-state index in [0.717, 1.165) is 12.3 Å². The molecule has 1 aliphatic carbocycles. The van der Waals surface area contributed by atoms with Crippen LogP contribution in [-0.4, -0.2) is 61.8 Å². The molecule has 1 aliphatic heterocycles. The van der Waals surface area contributed by atoms with E-state index in [4.69, 9.17) is 4.52 Å². The summed E-state index contributed by atoms with van der Waals surface area (Å²) >= 11 is 0. The second-order valence-electron chi connectivity index (χ2n) is 10.3. The molecule has 0 radical (unpaired) electrons. The molecule has 10 nitrogen and oxygen atoms in total. The highest BCUT2D eigenvalue weighted by Gasteiger charge is 2.46. The number of carbonyl (C=O) groups excluding carboxylic acids is 1. The third kappa shape index (κ3) is 7.09. The lowest BCUT2D eigenvalue weighted by Crippen LogP contribution is -2.45. The molecule has 0 saturated carbocycles. The third-order valence-corrected chi connectivity index (χ3v) is 7.81. The van der Waals surface area contributed by atoms with Crippen molar-refractivity contribution in [2.24, 2.45) is 5.41 Å². The molecule has 1 heterocycles. The van der Waals surface area contributed by atoms with E-state index in [1.807, 2.05) is 0 Å². The first-order valence-corrected chi connectivity index (χ1v) is 15.1. The Morgan fingerprint density at radius 1 is 1.31 bits per heavy atom. The molecule has 3 rings (SSSR count). The van der Waals surface area contributed by atoms with E-state index < -0.39 is 64.6 Å². The van der Waals surface area contributed by atoms with Crippen LogP contribution < -0.4 is 15.3 Å². The van der Waals surface area contributed by atoms with Crippen LogP contribution in [0.25, 0.3) is 5.41 Å². The van der Waals surface area contributed by atoms with Crippen molar-refractivity contribution in [1.82, 2.24) is 4.90 Å². The maximum Gasteiger partial charge on any atom is 0.549 e. The maximum atomic E-state index is 14.0. The number of benzene rings is 1. The van der Waals surface area contributed by atoms with Gasteiger partial charge in [0.05, 0.1) is 23.6 Å². The number of hydrogen-bond acceptors (Lipinski definition) is 6. The fourth-order valence-electron chi connectivity index (χ4n) is 4.39. The second kappa shape index (κ2) is 11.5. The smallest absolute Gasteiger partial charge is 0.509 e. The van der Waals surface area contributed by atoms with Crippen molar-refractivity contribution in [3.05, 3.63) is 58.5 Å². The lowest BCUT2D eigenvalue weighted by atomic mass is 9.85. The summed E-state index contributed by atoms with van der Waals surface area (Å²) in [7, 11) is -6.14. The molecule has 1 aromatic carbocycles. The van der Waals surface area contributed by atoms with Gasteiger partial charge in [-0.1, -0.05) is 32.9 Å². The van der Waals surface area contributed by atoms with Gasteiger partial charge in [0.2, 0.25) is 15.3 Å². The molecular formula is C25H31F2N4O6PS. The number of aliphatic hydroxyl groups is 1. The normalized spacial score (nSPS) is 20.5. The Kier molecular flexibility index (Phi) is 8.99. The lowest BCUT2D eigenvalue weighted by Gasteiger charge is -2.36. The SMILES string of the molecule is CCO[P+](=O)c1cc(NS(C)(=O)=O)ccc1NC(=[N-])C1=C(O)C(C(C)(C)C)N(CC2=CC=C(F)C(F)C2)C1=O. The number of nitrogens with zero attached hydrogens (tertiary/aromatic N) is 2. The summed E-state index contributed by atoms with van der Waals surface area (Å²) in [5.41, 5.74) is -0.596. The van der Waals surface area contributed by atoms with E-state index in [-0.39, 0.29) is 36.3 Å². The number of allylic oxidation sites excluding steroid dienone is 3. The highest BCUT2D eigenvalue weighted by molar-refractivity contribution is 7.92. The Labute approximate surface area is 227 Å². The number of alkyl halides is 1. The predicted molar refractivity (Wildman–Crippen MR) is 147 cm³/mol. The van der Waals surface area contributed by atoms with E-state index in [1.165, 1.54) is 29.2 Å². The van der Waals surface area contributed by atoms with Crippen molar-refractivity contribution in [2.45, 2.75) is 46.3 Å². The Bertz CT molecular complexity index is 1400. The molecule has 0 aromatic heterocycles. The van der Waals surface area contributed by atoms with E-state index >= 15 is 0 Å². The van der Waals surface area contributed by atoms with E-state index in [1.54, 1.807) is 27.7 Å². The zero-order valence-electron chi connectivity index (χ0n) is 22.2. The van der Waals surface area contributed by atoms with Crippen molar-refractivity contribution in [3.8, 4) is 0 Å². The average molecular weight is 585 g/mol. The number of nitrogens with one attached hydrogen (secondary N) is 2. The summed E-state index contributed by atoms with van der Waals surface area (Å²) in [5.74, 6) is -2.84. The van der Waals surface area contributed by atoms with Gasteiger partial charge < -0.3 is 20.7 Å². The highest BCUT2D eigenvalue weighted by atomic mass is 32.2. The number of rotatable bonds is 9. The van der Waals surface area contributed by atoms with Crippen LogP contribution in [0.4, 0.5) is 20.2 Å². The van der Waals surface area contributed by atoms with Crippen molar-refractivity contribution >= 4 is 46.5 Å². The Hall–Kier alpha value is -3.15. The summed E-state index contributed by atoms with van der Waals surface area (Å²) in [6, 6.07) is 3.03. The van der Waals surface area contributed by atoms with Crippen LogP contribution in [0.1, 0.15) is 34.1 Å². The Balaban J connectivity index is 1.96. The summed E-state index contributed by atoms with van der Waals surface area (Å²) in [6.07, 6.45) is 1.25. The summed E-state index contributed by atoms with van der Waals surface area (Å²) in [5, 5.41) is 24.7. The van der Waals surface area contributed by atoms with Gasteiger partial charge in [-0.15, -0.1) is 4.52 Å². The molecule has 2 aliphatic rings. The minimum absolute atomic E-state index is 0.00280. The van der Waals surface area contributed by atoms with Crippen molar-refractivity contribution in [2.75, 3.05) is 29.4 Å². The number of aliphatic hydroxyl groups excluding tert-OH is 1. The second-order valence-corrected chi connectivity index (χ2v) is 13.3. The zero-order valence-corrected chi connectivity index (χ0v) is 23.9. The monoisotopic (exact) mass is 584 g/mol. The number of hydrogen-bond donors (Lipinski definition) is 3. The third-order valence-electron chi connectivity index (χ3n) is 5.95. The molecule has 3 atom stereocenters. The number of amidine groups is 1. The predicted octanol–water partition coefficient (Wildman–Crippen LogP) is 4.43. The van der Waals surface area contributed by atoms with Crippen molar-refractivity contribution in [3.63, 3.8) is 0 Å². The first kappa shape index (κ1) is 30.4. The van der Waals surface area contributed by atoms with Gasteiger partial charge >= 0.3 is 8.03 Å². The van der Waals surface area contributed by atoms with Gasteiger partial charge in [0.25, 0.3) is 5.91 Å². The quantitative estimate of drug-likeness (QED) is 0.221. The molecule has 0 saturated heterocycles. The lowest BCUT2D eigenvalue weighted by molar-refractivity contribution is -0.127. The Morgan fingerprint density at radius 3 is 2.54 bits per heavy atom. The molecule has 3 unspecified atom stereocenters. The minimum atomic E-state index is -3.64. The molecule has 212 valence electrons. The molecule has 0 bridgehead atoms. The van der Waals surface area contributed by atoms with Crippen LogP contribution in [0, 0.1) is 5.41 Å². The molecule has 0 spiro atoms. The molecule has 0 fully saturated rings. The largest absolute Gasteiger partial charge is 0.549 e. The van der Waals surface area contributed by atoms with Gasteiger partial charge in [-0.2, -0.15) is 0 Å². The van der Waals surface area contributed by atoms with Gasteiger partial charge in [0.1, 0.15) is 18.2 Å². The van der Waals surface area contributed by atoms with Crippen molar-refractivity contribution < 1.29 is 36.2 Å². The number of sulfonamides is 1. The molecule has 1 aromatic rings. The summed E-state index contributed by atoms with van der Waals surface area (Å²) in [6.45, 7) is 6.89. The molecule has 14 heteroatoms. The van der Waals surface area contributed by atoms with Crippen LogP contribution in [0.15, 0.2) is 53.1 Å². The summed E-state index contributed by atoms with van der Waals surface area (Å²) in [4.78, 5) is 14.8. The van der Waals surface area contributed by atoms with E-state index in [2.05, 4.69) is 10.0 Å². The molecule has 3 N–H and O–H groups in total. The number of halogens is 2. The van der Waals surface area contributed by atoms with Gasteiger partial charge in [-0.25, -0.2) is 17.2 Å². The van der Waals surface area contributed by atoms with Gasteiger partial charge in [-0.3, -0.25) is 9.52 Å². The van der Waals surface area contributed by atoms with Gasteiger partial charge in [-0.05, 0) is 40.5 Å². The highest BCUT2D eigenvalue weighted by Crippen LogP contribution is 2.38. The van der Waals surface area contributed by atoms with Crippen LogP contribution >= 0.6 is 8.03 Å². The molecular weight excluding hydrogens is 553 g/mol. The minimum Gasteiger partial charge on any atom is -0.509 e. The Morgan fingerprint density at radius 2 is 1.97 bits per heavy atom. The number of amides is 1. The fourth-order valence-corrected chi connectivity index (χ4v) is 5.89. The molecule has 39 heavy (non-hydrogen) atoms. The van der Waals surface area contributed by atoms with Crippen LogP contribution in [0.3, 0.4) is 0 Å².